The molecule has 41 heavy (non-hydrogen) atoms. The standard InChI is InChI=1S/C36H39N3O2/c1-7-23-17-21(5)18-24(8-2)33(23)38-29-15-16-30(39(37)34-25(9-3)19-22(6)20-26(34)10-4)32-31(29)35(40)27-13-11-12-14-28(27)36(32)41/h11-20,38H,7-10,37H2,1-6H3. The van der Waals surface area contributed by atoms with Crippen molar-refractivity contribution in [3.63, 3.8) is 0 Å². The SMILES string of the molecule is CCc1cc(C)cc(CC)c1Nc1ccc(N(N)c2c(CC)cc(C)cc2CC)c2c1C(=O)c1ccccc1C2=O. The Morgan fingerprint density at radius 3 is 1.61 bits per heavy atom. The summed E-state index contributed by atoms with van der Waals surface area (Å²) in [5.41, 5.74) is 11.5. The lowest BCUT2D eigenvalue weighted by molar-refractivity contribution is 0.0980. The molecule has 3 N–H and O–H groups in total. The second-order valence-corrected chi connectivity index (χ2v) is 10.9. The Bertz CT molecular complexity index is 1630. The van der Waals surface area contributed by atoms with Gasteiger partial charge in [-0.25, -0.2) is 5.84 Å². The van der Waals surface area contributed by atoms with E-state index in [0.717, 1.165) is 48.2 Å². The van der Waals surface area contributed by atoms with Gasteiger partial charge in [-0.2, -0.15) is 0 Å². The maximum Gasteiger partial charge on any atom is 0.196 e. The summed E-state index contributed by atoms with van der Waals surface area (Å²) >= 11 is 0. The summed E-state index contributed by atoms with van der Waals surface area (Å²) < 4.78 is 0. The average Bonchev–Trinajstić information content (AvgIpc) is 2.99. The van der Waals surface area contributed by atoms with E-state index in [1.165, 1.54) is 22.3 Å². The van der Waals surface area contributed by atoms with Crippen LogP contribution in [0.3, 0.4) is 0 Å². The van der Waals surface area contributed by atoms with Crippen LogP contribution in [0.1, 0.15) is 92.9 Å². The summed E-state index contributed by atoms with van der Waals surface area (Å²) in [6.45, 7) is 12.7. The van der Waals surface area contributed by atoms with Gasteiger partial charge in [0.1, 0.15) is 0 Å². The third-order valence-electron chi connectivity index (χ3n) is 8.20. The molecule has 0 unspecified atom stereocenters. The van der Waals surface area contributed by atoms with Gasteiger partial charge >= 0.3 is 0 Å². The minimum Gasteiger partial charge on any atom is -0.354 e. The Morgan fingerprint density at radius 2 is 1.12 bits per heavy atom. The van der Waals surface area contributed by atoms with Crippen molar-refractivity contribution in [2.24, 2.45) is 5.84 Å². The van der Waals surface area contributed by atoms with E-state index in [-0.39, 0.29) is 11.6 Å². The quantitative estimate of drug-likeness (QED) is 0.152. The predicted molar refractivity (Wildman–Crippen MR) is 169 cm³/mol. The van der Waals surface area contributed by atoms with Crippen molar-refractivity contribution in [3.05, 3.63) is 116 Å². The predicted octanol–water partition coefficient (Wildman–Crippen LogP) is 8.08. The van der Waals surface area contributed by atoms with Crippen LogP contribution in [0, 0.1) is 13.8 Å². The van der Waals surface area contributed by atoms with Gasteiger partial charge < -0.3 is 5.32 Å². The van der Waals surface area contributed by atoms with Crippen molar-refractivity contribution in [1.82, 2.24) is 0 Å². The molecular formula is C36H39N3O2. The van der Waals surface area contributed by atoms with Crippen LogP contribution in [0.15, 0.2) is 60.7 Å². The molecule has 5 nitrogen and oxygen atoms in total. The number of nitrogens with two attached hydrogens (primary N) is 1. The van der Waals surface area contributed by atoms with E-state index in [1.807, 2.05) is 12.1 Å². The summed E-state index contributed by atoms with van der Waals surface area (Å²) in [5, 5.41) is 5.23. The number of aryl methyl sites for hydroxylation is 6. The molecule has 0 saturated carbocycles. The third kappa shape index (κ3) is 4.85. The Labute approximate surface area is 243 Å². The van der Waals surface area contributed by atoms with Crippen LogP contribution in [-0.2, 0) is 25.7 Å². The number of hydrazine groups is 1. The summed E-state index contributed by atoms with van der Waals surface area (Å²) in [7, 11) is 0. The summed E-state index contributed by atoms with van der Waals surface area (Å²) in [5.74, 6) is 6.56. The van der Waals surface area contributed by atoms with E-state index in [1.54, 1.807) is 29.3 Å². The van der Waals surface area contributed by atoms with Gasteiger partial charge in [0, 0.05) is 16.8 Å². The highest BCUT2D eigenvalue weighted by Gasteiger charge is 2.35. The van der Waals surface area contributed by atoms with E-state index < -0.39 is 0 Å². The molecule has 0 aliphatic heterocycles. The molecule has 4 aromatic carbocycles. The second-order valence-electron chi connectivity index (χ2n) is 10.9. The highest BCUT2D eigenvalue weighted by Crippen LogP contribution is 2.42. The summed E-state index contributed by atoms with van der Waals surface area (Å²) in [6.07, 6.45) is 3.28. The fourth-order valence-electron chi connectivity index (χ4n) is 6.21. The lowest BCUT2D eigenvalue weighted by Crippen LogP contribution is -2.32. The van der Waals surface area contributed by atoms with Gasteiger partial charge in [-0.15, -0.1) is 0 Å². The lowest BCUT2D eigenvalue weighted by atomic mass is 9.82. The van der Waals surface area contributed by atoms with Crippen LogP contribution in [0.2, 0.25) is 0 Å². The molecule has 0 amide bonds. The summed E-state index contributed by atoms with van der Waals surface area (Å²) in [6, 6.07) is 19.5. The van der Waals surface area contributed by atoms with Crippen LogP contribution in [0.25, 0.3) is 0 Å². The zero-order valence-electron chi connectivity index (χ0n) is 24.9. The molecule has 4 aromatic rings. The van der Waals surface area contributed by atoms with Gasteiger partial charge in [0.05, 0.1) is 28.2 Å². The Hall–Kier alpha value is -4.22. The minimum absolute atomic E-state index is 0.175. The summed E-state index contributed by atoms with van der Waals surface area (Å²) in [4.78, 5) is 28.4. The highest BCUT2D eigenvalue weighted by atomic mass is 16.1. The van der Waals surface area contributed by atoms with Crippen LogP contribution in [0.4, 0.5) is 22.7 Å². The number of fused-ring (bicyclic) bond motifs is 2. The van der Waals surface area contributed by atoms with Gasteiger partial charge in [-0.1, -0.05) is 87.4 Å². The Kier molecular flexibility index (Phi) is 7.83. The third-order valence-corrected chi connectivity index (χ3v) is 8.20. The lowest BCUT2D eigenvalue weighted by Gasteiger charge is -2.30. The van der Waals surface area contributed by atoms with E-state index in [0.29, 0.717) is 33.6 Å². The fraction of sp³-hybridized carbons (Fsp3) is 0.278. The molecule has 0 radical (unpaired) electrons. The zero-order valence-corrected chi connectivity index (χ0v) is 24.9. The molecule has 0 aromatic heterocycles. The van der Waals surface area contributed by atoms with Crippen molar-refractivity contribution in [1.29, 1.82) is 0 Å². The number of hydrogen-bond acceptors (Lipinski definition) is 5. The van der Waals surface area contributed by atoms with Gasteiger partial charge in [0.2, 0.25) is 0 Å². The molecule has 0 atom stereocenters. The number of hydrogen-bond donors (Lipinski definition) is 2. The van der Waals surface area contributed by atoms with Crippen molar-refractivity contribution >= 4 is 34.3 Å². The van der Waals surface area contributed by atoms with Gasteiger partial charge in [-0.3, -0.25) is 14.6 Å². The number of nitrogens with one attached hydrogen (secondary N) is 1. The average molecular weight is 546 g/mol. The van der Waals surface area contributed by atoms with E-state index in [9.17, 15) is 9.59 Å². The first-order valence-electron chi connectivity index (χ1n) is 14.7. The number of ketones is 2. The Morgan fingerprint density at radius 1 is 0.659 bits per heavy atom. The minimum atomic E-state index is -0.192. The zero-order chi connectivity index (χ0) is 29.4. The fourth-order valence-corrected chi connectivity index (χ4v) is 6.21. The Balaban J connectivity index is 1.77. The van der Waals surface area contributed by atoms with Crippen molar-refractivity contribution in [2.45, 2.75) is 67.2 Å². The van der Waals surface area contributed by atoms with Crippen LogP contribution >= 0.6 is 0 Å². The maximum atomic E-state index is 14.2. The first kappa shape index (κ1) is 28.3. The number of rotatable bonds is 8. The molecule has 0 heterocycles. The molecule has 1 aliphatic rings. The molecule has 0 bridgehead atoms. The molecule has 1 aliphatic carbocycles. The highest BCUT2D eigenvalue weighted by molar-refractivity contribution is 6.32. The van der Waals surface area contributed by atoms with E-state index in [4.69, 9.17) is 5.84 Å². The van der Waals surface area contributed by atoms with Crippen molar-refractivity contribution in [2.75, 3.05) is 10.3 Å². The van der Waals surface area contributed by atoms with Gasteiger partial charge in [-0.05, 0) is 73.9 Å². The van der Waals surface area contributed by atoms with E-state index >= 15 is 0 Å². The molecular weight excluding hydrogens is 506 g/mol. The normalized spacial score (nSPS) is 12.3. The molecule has 0 spiro atoms. The first-order chi connectivity index (χ1) is 19.7. The van der Waals surface area contributed by atoms with Gasteiger partial charge in [0.15, 0.2) is 11.6 Å². The van der Waals surface area contributed by atoms with Crippen LogP contribution in [-0.4, -0.2) is 11.6 Å². The number of carbonyl (C=O) groups excluding carboxylic acids is 2. The van der Waals surface area contributed by atoms with Crippen molar-refractivity contribution < 1.29 is 9.59 Å². The van der Waals surface area contributed by atoms with Crippen LogP contribution in [0.5, 0.6) is 0 Å². The van der Waals surface area contributed by atoms with Gasteiger partial charge in [0.25, 0.3) is 0 Å². The largest absolute Gasteiger partial charge is 0.354 e. The molecule has 0 saturated heterocycles. The number of carbonyl (C=O) groups is 2. The number of benzene rings is 4. The first-order valence-corrected chi connectivity index (χ1v) is 14.7. The maximum absolute atomic E-state index is 14.2. The number of anilines is 4. The van der Waals surface area contributed by atoms with Crippen molar-refractivity contribution in [3.8, 4) is 0 Å². The molecule has 0 fully saturated rings. The molecule has 5 rings (SSSR count). The van der Waals surface area contributed by atoms with E-state index in [2.05, 4.69) is 71.1 Å². The molecule has 5 heteroatoms. The second kappa shape index (κ2) is 11.3. The van der Waals surface area contributed by atoms with Crippen LogP contribution < -0.4 is 16.2 Å². The number of nitrogens with zero attached hydrogens (tertiary/aromatic N) is 1. The smallest absolute Gasteiger partial charge is 0.196 e. The molecule has 210 valence electrons. The topological polar surface area (TPSA) is 75.4 Å². The monoisotopic (exact) mass is 545 g/mol.